The molecular formula is C16H21N3O2. The van der Waals surface area contributed by atoms with E-state index in [0.29, 0.717) is 0 Å². The maximum Gasteiger partial charge on any atom is 0.237 e. The quantitative estimate of drug-likeness (QED) is 0.877. The van der Waals surface area contributed by atoms with Gasteiger partial charge >= 0.3 is 0 Å². The lowest BCUT2D eigenvalue weighted by Gasteiger charge is -2.40. The molecule has 2 heterocycles. The highest BCUT2D eigenvalue weighted by molar-refractivity contribution is 6.07. The Morgan fingerprint density at radius 3 is 2.52 bits per heavy atom. The third-order valence-electron chi connectivity index (χ3n) is 5.11. The molecule has 1 saturated heterocycles. The summed E-state index contributed by atoms with van der Waals surface area (Å²) in [7, 11) is 1.84. The van der Waals surface area contributed by atoms with E-state index in [-0.39, 0.29) is 17.9 Å². The van der Waals surface area contributed by atoms with Crippen molar-refractivity contribution in [2.24, 2.45) is 5.73 Å². The van der Waals surface area contributed by atoms with Crippen LogP contribution < -0.4 is 10.6 Å². The third-order valence-corrected chi connectivity index (χ3v) is 5.11. The zero-order valence-electron chi connectivity index (χ0n) is 12.5. The van der Waals surface area contributed by atoms with Crippen LogP contribution in [0.1, 0.15) is 25.3 Å². The van der Waals surface area contributed by atoms with Gasteiger partial charge in [-0.3, -0.25) is 14.5 Å². The Kier molecular flexibility index (Phi) is 3.24. The van der Waals surface area contributed by atoms with Gasteiger partial charge in [-0.1, -0.05) is 18.2 Å². The SMILES string of the molecule is CC(C(N)=O)N1CCC2(CC1)C(=O)N(C)c1ccccc12. The van der Waals surface area contributed by atoms with Crippen LogP contribution >= 0.6 is 0 Å². The average molecular weight is 287 g/mol. The van der Waals surface area contributed by atoms with Crippen molar-refractivity contribution in [3.8, 4) is 0 Å². The van der Waals surface area contributed by atoms with Crippen molar-refractivity contribution in [3.05, 3.63) is 29.8 Å². The summed E-state index contributed by atoms with van der Waals surface area (Å²) in [5.41, 5.74) is 7.11. The van der Waals surface area contributed by atoms with E-state index < -0.39 is 5.41 Å². The van der Waals surface area contributed by atoms with Crippen molar-refractivity contribution >= 4 is 17.5 Å². The smallest absolute Gasteiger partial charge is 0.237 e. The number of piperidine rings is 1. The first-order valence-corrected chi connectivity index (χ1v) is 7.38. The molecule has 112 valence electrons. The number of hydrogen-bond donors (Lipinski definition) is 1. The lowest BCUT2D eigenvalue weighted by Crippen LogP contribution is -2.52. The van der Waals surface area contributed by atoms with E-state index in [1.807, 2.05) is 32.2 Å². The number of likely N-dealkylation sites (N-methyl/N-ethyl adjacent to an activating group) is 1. The predicted octanol–water partition coefficient (Wildman–Crippen LogP) is 0.870. The molecule has 1 aromatic rings. The number of nitrogens with zero attached hydrogens (tertiary/aromatic N) is 2. The maximum absolute atomic E-state index is 12.8. The first kappa shape index (κ1) is 14.1. The highest BCUT2D eigenvalue weighted by Gasteiger charge is 2.51. The molecule has 0 saturated carbocycles. The first-order chi connectivity index (χ1) is 9.97. The van der Waals surface area contributed by atoms with Gasteiger partial charge in [-0.25, -0.2) is 0 Å². The number of likely N-dealkylation sites (tertiary alicyclic amines) is 1. The molecule has 0 aliphatic carbocycles. The number of hydrogen-bond acceptors (Lipinski definition) is 3. The van der Waals surface area contributed by atoms with E-state index in [2.05, 4.69) is 11.0 Å². The summed E-state index contributed by atoms with van der Waals surface area (Å²) in [6.07, 6.45) is 1.48. The summed E-state index contributed by atoms with van der Waals surface area (Å²) in [6.45, 7) is 3.27. The number of nitrogens with two attached hydrogens (primary N) is 1. The predicted molar refractivity (Wildman–Crippen MR) is 81.0 cm³/mol. The van der Waals surface area contributed by atoms with E-state index in [0.717, 1.165) is 37.2 Å². The minimum atomic E-state index is -0.417. The second-order valence-corrected chi connectivity index (χ2v) is 6.08. The molecule has 1 aromatic carbocycles. The highest BCUT2D eigenvalue weighted by atomic mass is 16.2. The van der Waals surface area contributed by atoms with Crippen molar-refractivity contribution in [2.75, 3.05) is 25.0 Å². The summed E-state index contributed by atoms with van der Waals surface area (Å²) in [4.78, 5) is 27.9. The van der Waals surface area contributed by atoms with Gasteiger partial charge in [0.1, 0.15) is 0 Å². The van der Waals surface area contributed by atoms with Gasteiger partial charge in [0.15, 0.2) is 0 Å². The Bertz CT molecular complexity index is 591. The third kappa shape index (κ3) is 1.95. The minimum Gasteiger partial charge on any atom is -0.368 e. The summed E-state index contributed by atoms with van der Waals surface area (Å²) < 4.78 is 0. The van der Waals surface area contributed by atoms with Crippen molar-refractivity contribution in [1.29, 1.82) is 0 Å². The van der Waals surface area contributed by atoms with Crippen LogP contribution in [-0.2, 0) is 15.0 Å². The number of para-hydroxylation sites is 1. The van der Waals surface area contributed by atoms with Crippen molar-refractivity contribution in [3.63, 3.8) is 0 Å². The normalized spacial score (nSPS) is 22.4. The molecule has 1 spiro atoms. The summed E-state index contributed by atoms with van der Waals surface area (Å²) in [5.74, 6) is -0.128. The Hall–Kier alpha value is -1.88. The molecule has 0 radical (unpaired) electrons. The van der Waals surface area contributed by atoms with Crippen LogP contribution in [0.2, 0.25) is 0 Å². The Labute approximate surface area is 124 Å². The zero-order chi connectivity index (χ0) is 15.2. The van der Waals surface area contributed by atoms with E-state index in [1.54, 1.807) is 4.90 Å². The molecule has 1 atom stereocenters. The number of fused-ring (bicyclic) bond motifs is 2. The van der Waals surface area contributed by atoms with Gasteiger partial charge in [-0.15, -0.1) is 0 Å². The number of carbonyl (C=O) groups is 2. The van der Waals surface area contributed by atoms with Crippen LogP contribution in [0.15, 0.2) is 24.3 Å². The number of amides is 2. The van der Waals surface area contributed by atoms with Crippen LogP contribution in [0.3, 0.4) is 0 Å². The minimum absolute atomic E-state index is 0.176. The molecule has 5 nitrogen and oxygen atoms in total. The van der Waals surface area contributed by atoms with Crippen molar-refractivity contribution < 1.29 is 9.59 Å². The first-order valence-electron chi connectivity index (χ1n) is 7.38. The molecular weight excluding hydrogens is 266 g/mol. The van der Waals surface area contributed by atoms with Crippen LogP contribution in [0.25, 0.3) is 0 Å². The molecule has 0 aromatic heterocycles. The Morgan fingerprint density at radius 2 is 1.90 bits per heavy atom. The fraction of sp³-hybridized carbons (Fsp3) is 0.500. The van der Waals surface area contributed by atoms with Gasteiger partial charge in [0, 0.05) is 25.8 Å². The molecule has 2 aliphatic heterocycles. The van der Waals surface area contributed by atoms with Gasteiger partial charge < -0.3 is 10.6 Å². The number of primary amides is 1. The highest BCUT2D eigenvalue weighted by Crippen LogP contribution is 2.47. The van der Waals surface area contributed by atoms with Gasteiger partial charge in [-0.05, 0) is 31.4 Å². The lowest BCUT2D eigenvalue weighted by atomic mass is 9.73. The molecule has 5 heteroatoms. The number of anilines is 1. The second kappa shape index (κ2) is 4.84. The number of rotatable bonds is 2. The number of benzene rings is 1. The number of carbonyl (C=O) groups excluding carboxylic acids is 2. The van der Waals surface area contributed by atoms with Gasteiger partial charge in [-0.2, -0.15) is 0 Å². The lowest BCUT2D eigenvalue weighted by molar-refractivity contribution is -0.126. The van der Waals surface area contributed by atoms with Crippen LogP contribution in [0.5, 0.6) is 0 Å². The molecule has 2 amide bonds. The van der Waals surface area contributed by atoms with E-state index in [1.165, 1.54) is 0 Å². The largest absolute Gasteiger partial charge is 0.368 e. The van der Waals surface area contributed by atoms with E-state index in [4.69, 9.17) is 5.73 Å². The summed E-state index contributed by atoms with van der Waals surface area (Å²) >= 11 is 0. The summed E-state index contributed by atoms with van der Waals surface area (Å²) in [6, 6.07) is 7.74. The van der Waals surface area contributed by atoms with Gasteiger partial charge in [0.2, 0.25) is 11.8 Å². The Balaban J connectivity index is 1.88. The Morgan fingerprint density at radius 1 is 1.29 bits per heavy atom. The van der Waals surface area contributed by atoms with Gasteiger partial charge in [0.25, 0.3) is 0 Å². The maximum atomic E-state index is 12.8. The van der Waals surface area contributed by atoms with Crippen molar-refractivity contribution in [2.45, 2.75) is 31.2 Å². The standard InChI is InChI=1S/C16H21N3O2/c1-11(14(17)20)19-9-7-16(8-10-19)12-5-3-4-6-13(12)18(2)15(16)21/h3-6,11H,7-10H2,1-2H3,(H2,17,20). The van der Waals surface area contributed by atoms with E-state index in [9.17, 15) is 9.59 Å². The molecule has 21 heavy (non-hydrogen) atoms. The zero-order valence-corrected chi connectivity index (χ0v) is 12.5. The van der Waals surface area contributed by atoms with Crippen LogP contribution in [0, 0.1) is 0 Å². The molecule has 3 rings (SSSR count). The molecule has 2 aliphatic rings. The fourth-order valence-corrected chi connectivity index (χ4v) is 3.67. The van der Waals surface area contributed by atoms with Crippen LogP contribution in [0.4, 0.5) is 5.69 Å². The fourth-order valence-electron chi connectivity index (χ4n) is 3.67. The van der Waals surface area contributed by atoms with Crippen LogP contribution in [-0.4, -0.2) is 42.9 Å². The van der Waals surface area contributed by atoms with E-state index >= 15 is 0 Å². The molecule has 2 N–H and O–H groups in total. The monoisotopic (exact) mass is 287 g/mol. The topological polar surface area (TPSA) is 66.6 Å². The summed E-state index contributed by atoms with van der Waals surface area (Å²) in [5, 5.41) is 0. The van der Waals surface area contributed by atoms with Gasteiger partial charge in [0.05, 0.1) is 11.5 Å². The molecule has 1 fully saturated rings. The second-order valence-electron chi connectivity index (χ2n) is 6.08. The molecule has 1 unspecified atom stereocenters. The molecule has 0 bridgehead atoms. The average Bonchev–Trinajstić information content (AvgIpc) is 2.71. The van der Waals surface area contributed by atoms with Crippen molar-refractivity contribution in [1.82, 2.24) is 4.90 Å².